The Bertz CT molecular complexity index is 1110. The van der Waals surface area contributed by atoms with Gasteiger partial charge in [0, 0.05) is 23.4 Å². The number of carbonyl (C=O) groups excluding carboxylic acids is 3. The van der Waals surface area contributed by atoms with Gasteiger partial charge in [0.2, 0.25) is 0 Å². The maximum Gasteiger partial charge on any atom is 0.272 e. The number of hydrogen-bond donors (Lipinski definition) is 3. The minimum absolute atomic E-state index is 0.0492. The molecule has 3 rings (SSSR count). The van der Waals surface area contributed by atoms with Gasteiger partial charge in [-0.25, -0.2) is 4.98 Å². The van der Waals surface area contributed by atoms with Gasteiger partial charge in [0.25, 0.3) is 17.7 Å². The van der Waals surface area contributed by atoms with Crippen molar-refractivity contribution in [1.29, 1.82) is 0 Å². The molecule has 0 aliphatic carbocycles. The number of halogens is 2. The largest absolute Gasteiger partial charge is 0.364 e. The molecule has 0 radical (unpaired) electrons. The highest BCUT2D eigenvalue weighted by Crippen LogP contribution is 2.23. The summed E-state index contributed by atoms with van der Waals surface area (Å²) in [4.78, 5) is 40.1. The molecule has 0 saturated carbocycles. The van der Waals surface area contributed by atoms with Crippen LogP contribution in [-0.4, -0.2) is 34.3 Å². The number of nitrogens with one attached hydrogen (secondary N) is 2. The molecule has 0 spiro atoms. The molecular weight excluding hydrogens is 417 g/mol. The van der Waals surface area contributed by atoms with Crippen LogP contribution in [0.15, 0.2) is 48.8 Å². The average Bonchev–Trinajstić information content (AvgIpc) is 3.15. The summed E-state index contributed by atoms with van der Waals surface area (Å²) < 4.78 is 1.40. The molecule has 2 aromatic carbocycles. The van der Waals surface area contributed by atoms with Crippen LogP contribution in [0, 0.1) is 0 Å². The fraction of sp³-hybridized carbons (Fsp3) is 0.0526. The lowest BCUT2D eigenvalue weighted by Crippen LogP contribution is -2.25. The molecule has 8 nitrogen and oxygen atoms in total. The number of nitrogens with two attached hydrogens (primary N) is 1. The number of rotatable bonds is 5. The molecule has 10 heteroatoms. The molecule has 1 heterocycles. The molecule has 4 N–H and O–H groups in total. The Morgan fingerprint density at radius 3 is 2.34 bits per heavy atom. The number of amides is 3. The maximum atomic E-state index is 12.4. The van der Waals surface area contributed by atoms with Gasteiger partial charge in [0.15, 0.2) is 5.69 Å². The summed E-state index contributed by atoms with van der Waals surface area (Å²) in [5.41, 5.74) is 6.55. The van der Waals surface area contributed by atoms with E-state index in [4.69, 9.17) is 28.9 Å². The van der Waals surface area contributed by atoms with E-state index in [1.54, 1.807) is 30.3 Å². The minimum Gasteiger partial charge on any atom is -0.364 e. The fourth-order valence-corrected chi connectivity index (χ4v) is 3.01. The number of hydrogen-bond acceptors (Lipinski definition) is 4. The highest BCUT2D eigenvalue weighted by Gasteiger charge is 2.22. The normalized spacial score (nSPS) is 10.4. The number of carbonyl (C=O) groups is 3. The Labute approximate surface area is 175 Å². The van der Waals surface area contributed by atoms with Gasteiger partial charge in [0.05, 0.1) is 10.6 Å². The molecule has 0 fully saturated rings. The van der Waals surface area contributed by atoms with Crippen molar-refractivity contribution in [3.8, 4) is 5.69 Å². The van der Waals surface area contributed by atoms with Gasteiger partial charge in [-0.2, -0.15) is 0 Å². The van der Waals surface area contributed by atoms with Gasteiger partial charge in [-0.1, -0.05) is 23.2 Å². The summed E-state index contributed by atoms with van der Waals surface area (Å²) in [6.45, 7) is 0. The first-order valence-electron chi connectivity index (χ1n) is 8.28. The second-order valence-corrected chi connectivity index (χ2v) is 6.72. The van der Waals surface area contributed by atoms with Crippen LogP contribution in [0.2, 0.25) is 10.0 Å². The fourth-order valence-electron chi connectivity index (χ4n) is 2.64. The number of anilines is 1. The van der Waals surface area contributed by atoms with Gasteiger partial charge in [-0.15, -0.1) is 0 Å². The van der Waals surface area contributed by atoms with E-state index in [-0.39, 0.29) is 22.0 Å². The Morgan fingerprint density at radius 2 is 1.72 bits per heavy atom. The standard InChI is InChI=1S/C19H15Cl2N5O3/c1-23-19(29)15-16(17(22)27)26(9-24-15)12-5-3-11(4-6-12)25-18(28)13-8-10(20)2-7-14(13)21/h2-9H,1H3,(H2,22,27)(H,23,29)(H,25,28). The van der Waals surface area contributed by atoms with E-state index < -0.39 is 17.7 Å². The second-order valence-electron chi connectivity index (χ2n) is 5.88. The van der Waals surface area contributed by atoms with Gasteiger partial charge in [-0.05, 0) is 42.5 Å². The average molecular weight is 432 g/mol. The van der Waals surface area contributed by atoms with Crippen molar-refractivity contribution < 1.29 is 14.4 Å². The van der Waals surface area contributed by atoms with E-state index in [0.717, 1.165) is 0 Å². The predicted octanol–water partition coefficient (Wildman–Crippen LogP) is 2.89. The highest BCUT2D eigenvalue weighted by molar-refractivity contribution is 6.36. The number of imidazole rings is 1. The van der Waals surface area contributed by atoms with E-state index in [1.807, 2.05) is 0 Å². The summed E-state index contributed by atoms with van der Waals surface area (Å²) in [6, 6.07) is 11.1. The molecule has 29 heavy (non-hydrogen) atoms. The van der Waals surface area contributed by atoms with Gasteiger partial charge in [0.1, 0.15) is 12.0 Å². The van der Waals surface area contributed by atoms with Crippen LogP contribution >= 0.6 is 23.2 Å². The molecule has 0 aliphatic heterocycles. The lowest BCUT2D eigenvalue weighted by atomic mass is 10.2. The van der Waals surface area contributed by atoms with Crippen LogP contribution in [0.5, 0.6) is 0 Å². The lowest BCUT2D eigenvalue weighted by Gasteiger charge is -2.10. The van der Waals surface area contributed by atoms with Gasteiger partial charge >= 0.3 is 0 Å². The van der Waals surface area contributed by atoms with E-state index >= 15 is 0 Å². The zero-order valence-corrected chi connectivity index (χ0v) is 16.6. The summed E-state index contributed by atoms with van der Waals surface area (Å²) in [5.74, 6) is -1.75. The number of primary amides is 1. The third-order valence-electron chi connectivity index (χ3n) is 4.02. The van der Waals surface area contributed by atoms with Crippen LogP contribution in [-0.2, 0) is 0 Å². The molecule has 0 unspecified atom stereocenters. The first kappa shape index (κ1) is 20.4. The van der Waals surface area contributed by atoms with Crippen LogP contribution in [0.1, 0.15) is 31.3 Å². The van der Waals surface area contributed by atoms with Crippen LogP contribution < -0.4 is 16.4 Å². The summed E-state index contributed by atoms with van der Waals surface area (Å²) in [6.07, 6.45) is 1.32. The van der Waals surface area contributed by atoms with Crippen molar-refractivity contribution in [2.45, 2.75) is 0 Å². The van der Waals surface area contributed by atoms with Crippen molar-refractivity contribution in [3.63, 3.8) is 0 Å². The topological polar surface area (TPSA) is 119 Å². The summed E-state index contributed by atoms with van der Waals surface area (Å²) in [5, 5.41) is 5.78. The Morgan fingerprint density at radius 1 is 1.03 bits per heavy atom. The Hall–Kier alpha value is -3.36. The van der Waals surface area contributed by atoms with Crippen LogP contribution in [0.4, 0.5) is 5.69 Å². The molecule has 148 valence electrons. The predicted molar refractivity (Wildman–Crippen MR) is 110 cm³/mol. The minimum atomic E-state index is -0.797. The zero-order chi connectivity index (χ0) is 21.1. The van der Waals surface area contributed by atoms with Crippen LogP contribution in [0.25, 0.3) is 5.69 Å². The molecule has 1 aromatic heterocycles. The number of aromatic nitrogens is 2. The van der Waals surface area contributed by atoms with E-state index in [1.165, 1.54) is 30.1 Å². The van der Waals surface area contributed by atoms with Crippen molar-refractivity contribution in [2.24, 2.45) is 5.73 Å². The summed E-state index contributed by atoms with van der Waals surface area (Å²) in [7, 11) is 1.43. The SMILES string of the molecule is CNC(=O)c1ncn(-c2ccc(NC(=O)c3cc(Cl)ccc3Cl)cc2)c1C(N)=O. The van der Waals surface area contributed by atoms with Crippen molar-refractivity contribution in [2.75, 3.05) is 12.4 Å². The Kier molecular flexibility index (Phi) is 5.86. The number of nitrogens with zero attached hydrogens (tertiary/aromatic N) is 2. The third kappa shape index (κ3) is 4.23. The quantitative estimate of drug-likeness (QED) is 0.574. The van der Waals surface area contributed by atoms with E-state index in [9.17, 15) is 14.4 Å². The smallest absolute Gasteiger partial charge is 0.272 e. The molecule has 0 atom stereocenters. The van der Waals surface area contributed by atoms with Crippen molar-refractivity contribution in [1.82, 2.24) is 14.9 Å². The first-order valence-corrected chi connectivity index (χ1v) is 9.03. The van der Waals surface area contributed by atoms with Crippen molar-refractivity contribution in [3.05, 3.63) is 75.8 Å². The van der Waals surface area contributed by atoms with E-state index in [2.05, 4.69) is 15.6 Å². The van der Waals surface area contributed by atoms with Gasteiger partial charge < -0.3 is 16.4 Å². The number of benzene rings is 2. The van der Waals surface area contributed by atoms with E-state index in [0.29, 0.717) is 16.4 Å². The molecule has 3 amide bonds. The monoisotopic (exact) mass is 431 g/mol. The molecule has 0 aliphatic rings. The maximum absolute atomic E-state index is 12.4. The molecule has 0 bridgehead atoms. The molecule has 3 aromatic rings. The lowest BCUT2D eigenvalue weighted by molar-refractivity contribution is 0.0937. The van der Waals surface area contributed by atoms with Crippen molar-refractivity contribution >= 4 is 46.6 Å². The first-order chi connectivity index (χ1) is 13.8. The van der Waals surface area contributed by atoms with Gasteiger partial charge in [-0.3, -0.25) is 19.0 Å². The van der Waals surface area contributed by atoms with Crippen LogP contribution in [0.3, 0.4) is 0 Å². The molecule has 0 saturated heterocycles. The third-order valence-corrected chi connectivity index (χ3v) is 4.58. The highest BCUT2D eigenvalue weighted by atomic mass is 35.5. The summed E-state index contributed by atoms with van der Waals surface area (Å²) >= 11 is 12.0. The molecular formula is C19H15Cl2N5O3. The zero-order valence-electron chi connectivity index (χ0n) is 15.1. The Balaban J connectivity index is 1.87. The second kappa shape index (κ2) is 8.34.